The van der Waals surface area contributed by atoms with Crippen molar-refractivity contribution in [2.75, 3.05) is 26.2 Å². The number of carboxylic acid groups (broad SMARTS) is 1. The molecule has 0 radical (unpaired) electrons. The number of rotatable bonds is 7. The van der Waals surface area contributed by atoms with Crippen LogP contribution in [0.25, 0.3) is 0 Å². The third-order valence-electron chi connectivity index (χ3n) is 4.64. The van der Waals surface area contributed by atoms with E-state index < -0.39 is 17.9 Å². The van der Waals surface area contributed by atoms with Gasteiger partial charge in [0, 0.05) is 6.20 Å². The lowest BCUT2D eigenvalue weighted by molar-refractivity contribution is -0.139. The number of allylic oxidation sites excluding steroid dienone is 2. The molecule has 1 N–H and O–H groups in total. The van der Waals surface area contributed by atoms with Gasteiger partial charge in [-0.3, -0.25) is 0 Å². The second-order valence-corrected chi connectivity index (χ2v) is 6.55. The van der Waals surface area contributed by atoms with Crippen molar-refractivity contribution in [1.82, 2.24) is 0 Å². The molecule has 9 heteroatoms. The van der Waals surface area contributed by atoms with Gasteiger partial charge in [0.25, 0.3) is 0 Å². The molecule has 3 rings (SSSR count). The Bertz CT molecular complexity index is 1180. The van der Waals surface area contributed by atoms with Crippen LogP contribution in [0.15, 0.2) is 78.2 Å². The average molecular weight is 451 g/mol. The van der Waals surface area contributed by atoms with E-state index in [2.05, 4.69) is 0 Å². The highest BCUT2D eigenvalue weighted by Gasteiger charge is 2.30. The second-order valence-electron chi connectivity index (χ2n) is 6.55. The summed E-state index contributed by atoms with van der Waals surface area (Å²) in [5.74, 6) is -1.81. The second kappa shape index (κ2) is 10.2. The predicted molar refractivity (Wildman–Crippen MR) is 118 cm³/mol. The topological polar surface area (TPSA) is 112 Å². The van der Waals surface area contributed by atoms with E-state index >= 15 is 0 Å². The lowest BCUT2D eigenvalue weighted by atomic mass is 10.1. The fourth-order valence-electron chi connectivity index (χ4n) is 3.14. The van der Waals surface area contributed by atoms with Crippen molar-refractivity contribution in [3.63, 3.8) is 0 Å². The van der Waals surface area contributed by atoms with Gasteiger partial charge in [-0.25, -0.2) is 14.4 Å². The summed E-state index contributed by atoms with van der Waals surface area (Å²) >= 11 is 0. The van der Waals surface area contributed by atoms with Gasteiger partial charge in [-0.15, -0.1) is 0 Å². The number of para-hydroxylation sites is 2. The predicted octanol–water partition coefficient (Wildman–Crippen LogP) is 3.68. The van der Waals surface area contributed by atoms with Crippen LogP contribution >= 0.6 is 0 Å². The summed E-state index contributed by atoms with van der Waals surface area (Å²) < 4.78 is 20.7. The van der Waals surface area contributed by atoms with E-state index in [1.165, 1.54) is 55.7 Å². The maximum absolute atomic E-state index is 12.6. The zero-order valence-corrected chi connectivity index (χ0v) is 18.1. The van der Waals surface area contributed by atoms with Crippen LogP contribution < -0.4 is 14.4 Å². The van der Waals surface area contributed by atoms with Crippen LogP contribution in [-0.4, -0.2) is 44.3 Å². The summed E-state index contributed by atoms with van der Waals surface area (Å²) in [5, 5.41) is 9.89. The first kappa shape index (κ1) is 23.1. The molecule has 0 saturated carbocycles. The van der Waals surface area contributed by atoms with Crippen molar-refractivity contribution in [2.24, 2.45) is 0 Å². The Morgan fingerprint density at radius 1 is 0.879 bits per heavy atom. The Morgan fingerprint density at radius 3 is 2.21 bits per heavy atom. The number of carbonyl (C=O) groups excluding carboxylic acids is 2. The summed E-state index contributed by atoms with van der Waals surface area (Å²) in [6, 6.07) is 11.2. The Hall–Kier alpha value is -4.53. The first-order chi connectivity index (χ1) is 15.9. The van der Waals surface area contributed by atoms with Crippen LogP contribution in [0.1, 0.15) is 10.4 Å². The highest BCUT2D eigenvalue weighted by Crippen LogP contribution is 2.35. The fraction of sp³-hybridized carbons (Fsp3) is 0.125. The van der Waals surface area contributed by atoms with Crippen LogP contribution in [0, 0.1) is 0 Å². The molecule has 0 atom stereocenters. The first-order valence-electron chi connectivity index (χ1n) is 9.64. The van der Waals surface area contributed by atoms with Gasteiger partial charge in [0.2, 0.25) is 0 Å². The van der Waals surface area contributed by atoms with Crippen LogP contribution in [0.5, 0.6) is 17.2 Å². The van der Waals surface area contributed by atoms with E-state index in [-0.39, 0.29) is 28.3 Å². The molecule has 2 aromatic rings. The minimum Gasteiger partial charge on any atom is -0.493 e. The molecule has 0 aliphatic carbocycles. The monoisotopic (exact) mass is 451 g/mol. The molecule has 0 spiro atoms. The fourth-order valence-corrected chi connectivity index (χ4v) is 3.14. The van der Waals surface area contributed by atoms with Gasteiger partial charge in [0.1, 0.15) is 11.4 Å². The van der Waals surface area contributed by atoms with E-state index in [4.69, 9.17) is 18.9 Å². The van der Waals surface area contributed by atoms with E-state index in [1.807, 2.05) is 0 Å². The molecule has 33 heavy (non-hydrogen) atoms. The lowest BCUT2D eigenvalue weighted by Gasteiger charge is -2.24. The zero-order chi connectivity index (χ0) is 24.0. The summed E-state index contributed by atoms with van der Waals surface area (Å²) in [6.45, 7) is 0. The van der Waals surface area contributed by atoms with Gasteiger partial charge in [0.15, 0.2) is 11.5 Å². The molecule has 0 fully saturated rings. The first-order valence-corrected chi connectivity index (χ1v) is 9.64. The Morgan fingerprint density at radius 2 is 1.58 bits per heavy atom. The number of hydrogen-bond donors (Lipinski definition) is 1. The van der Waals surface area contributed by atoms with E-state index in [9.17, 15) is 19.5 Å². The van der Waals surface area contributed by atoms with Gasteiger partial charge < -0.3 is 29.0 Å². The number of methoxy groups -OCH3 is 3. The molecular formula is C24H21NO8. The van der Waals surface area contributed by atoms with Crippen molar-refractivity contribution < 1.29 is 38.4 Å². The lowest BCUT2D eigenvalue weighted by Crippen LogP contribution is -2.28. The van der Waals surface area contributed by atoms with Crippen molar-refractivity contribution >= 4 is 23.6 Å². The van der Waals surface area contributed by atoms with Crippen molar-refractivity contribution in [1.29, 1.82) is 0 Å². The third kappa shape index (κ3) is 4.87. The molecule has 2 aromatic carbocycles. The van der Waals surface area contributed by atoms with Crippen molar-refractivity contribution in [3.8, 4) is 17.2 Å². The van der Waals surface area contributed by atoms with Gasteiger partial charge in [-0.05, 0) is 42.5 Å². The number of esters is 2. The van der Waals surface area contributed by atoms with E-state index in [0.717, 1.165) is 7.11 Å². The molecule has 1 heterocycles. The van der Waals surface area contributed by atoms with Gasteiger partial charge >= 0.3 is 17.9 Å². The number of carbonyl (C=O) groups is 3. The summed E-state index contributed by atoms with van der Waals surface area (Å²) in [4.78, 5) is 38.3. The molecule has 0 bridgehead atoms. The number of nitrogens with zero attached hydrogens (tertiary/aromatic N) is 1. The smallest absolute Gasteiger partial charge is 0.355 e. The molecule has 9 nitrogen and oxygen atoms in total. The molecule has 170 valence electrons. The number of benzene rings is 2. The van der Waals surface area contributed by atoms with Gasteiger partial charge in [-0.1, -0.05) is 18.2 Å². The standard InChI is InChI=1S/C24H21NO8/c1-30-19-9-4-5-10-20(19)33-15-11-12-18(17(14-15)22(26)27)25-13-7-6-8-16(23(28)31-2)21(25)24(29)32-3/h4-14H,1-3H3,(H,26,27). The summed E-state index contributed by atoms with van der Waals surface area (Å²) in [5.41, 5.74) is -0.369. The van der Waals surface area contributed by atoms with E-state index in [0.29, 0.717) is 11.5 Å². The van der Waals surface area contributed by atoms with E-state index in [1.54, 1.807) is 30.3 Å². The van der Waals surface area contributed by atoms with Crippen molar-refractivity contribution in [2.45, 2.75) is 0 Å². The Labute approximate surface area is 189 Å². The minimum absolute atomic E-state index is 0.0972. The summed E-state index contributed by atoms with van der Waals surface area (Å²) in [7, 11) is 3.82. The maximum Gasteiger partial charge on any atom is 0.355 e. The number of carboxylic acids is 1. The number of aromatic carboxylic acids is 1. The Kier molecular flexibility index (Phi) is 7.14. The highest BCUT2D eigenvalue weighted by molar-refractivity contribution is 6.07. The molecule has 1 aliphatic rings. The SMILES string of the molecule is COC(=O)C1=C(C(=O)OC)N(c2ccc(Oc3ccccc3OC)cc2C(=O)O)C=CC=C1. The van der Waals surface area contributed by atoms with Gasteiger partial charge in [-0.2, -0.15) is 0 Å². The number of anilines is 1. The molecule has 1 aliphatic heterocycles. The van der Waals surface area contributed by atoms with Crippen LogP contribution in [-0.2, 0) is 19.1 Å². The minimum atomic E-state index is -1.27. The third-order valence-corrected chi connectivity index (χ3v) is 4.64. The Balaban J connectivity index is 2.13. The highest BCUT2D eigenvalue weighted by atomic mass is 16.5. The largest absolute Gasteiger partial charge is 0.493 e. The average Bonchev–Trinajstić information content (AvgIpc) is 3.06. The normalized spacial score (nSPS) is 12.8. The van der Waals surface area contributed by atoms with Crippen LogP contribution in [0.4, 0.5) is 5.69 Å². The zero-order valence-electron chi connectivity index (χ0n) is 18.1. The van der Waals surface area contributed by atoms with Crippen molar-refractivity contribution in [3.05, 3.63) is 83.7 Å². The van der Waals surface area contributed by atoms with Crippen LogP contribution in [0.3, 0.4) is 0 Å². The van der Waals surface area contributed by atoms with Crippen LogP contribution in [0.2, 0.25) is 0 Å². The number of hydrogen-bond acceptors (Lipinski definition) is 8. The molecular weight excluding hydrogens is 430 g/mol. The molecule has 0 unspecified atom stereocenters. The van der Waals surface area contributed by atoms with Gasteiger partial charge in [0.05, 0.1) is 38.2 Å². The summed E-state index contributed by atoms with van der Waals surface area (Å²) in [6.07, 6.45) is 5.90. The molecule has 0 saturated heterocycles. The maximum atomic E-state index is 12.6. The quantitative estimate of drug-likeness (QED) is 0.630. The number of ether oxygens (including phenoxy) is 4. The molecule has 0 amide bonds. The molecule has 0 aromatic heterocycles.